The quantitative estimate of drug-likeness (QED) is 0.789. The predicted octanol–water partition coefficient (Wildman–Crippen LogP) is 3.47. The van der Waals surface area contributed by atoms with Crippen LogP contribution in [0.4, 0.5) is 0 Å². The van der Waals surface area contributed by atoms with Crippen LogP contribution < -0.4 is 5.32 Å². The van der Waals surface area contributed by atoms with Gasteiger partial charge in [0.1, 0.15) is 0 Å². The van der Waals surface area contributed by atoms with Crippen LogP contribution in [0.15, 0.2) is 24.3 Å². The zero-order valence-electron chi connectivity index (χ0n) is 19.5. The third kappa shape index (κ3) is 5.10. The van der Waals surface area contributed by atoms with Crippen molar-refractivity contribution in [2.24, 2.45) is 0 Å². The van der Waals surface area contributed by atoms with E-state index in [-0.39, 0.29) is 23.7 Å². The van der Waals surface area contributed by atoms with E-state index in [0.29, 0.717) is 18.7 Å². The fourth-order valence-corrected chi connectivity index (χ4v) is 4.21. The Morgan fingerprint density at radius 3 is 2.33 bits per heavy atom. The van der Waals surface area contributed by atoms with Crippen LogP contribution in [0.5, 0.6) is 0 Å². The van der Waals surface area contributed by atoms with Gasteiger partial charge in [0, 0.05) is 30.9 Å². The van der Waals surface area contributed by atoms with Gasteiger partial charge in [-0.15, -0.1) is 0 Å². The number of ether oxygens (including phenoxy) is 1. The van der Waals surface area contributed by atoms with Crippen molar-refractivity contribution >= 4 is 5.91 Å². The summed E-state index contributed by atoms with van der Waals surface area (Å²) in [4.78, 5) is 15.5. The van der Waals surface area contributed by atoms with E-state index in [1.54, 1.807) is 0 Å². The van der Waals surface area contributed by atoms with Gasteiger partial charge in [0.2, 0.25) is 0 Å². The Labute approximate surface area is 180 Å². The zero-order chi connectivity index (χ0) is 22.1. The first-order valence-corrected chi connectivity index (χ1v) is 10.8. The minimum atomic E-state index is -0.151. The number of nitrogens with one attached hydrogen (secondary N) is 1. The lowest BCUT2D eigenvalue weighted by molar-refractivity contribution is -0.0948. The van der Waals surface area contributed by atoms with Gasteiger partial charge in [-0.3, -0.25) is 14.4 Å². The number of hydrogen-bond acceptors (Lipinski definition) is 4. The number of aryl methyl sites for hydroxylation is 2. The summed E-state index contributed by atoms with van der Waals surface area (Å²) in [7, 11) is 0. The fourth-order valence-electron chi connectivity index (χ4n) is 4.21. The number of nitrogens with zero attached hydrogens (tertiary/aromatic N) is 3. The number of carbonyl (C=O) groups is 1. The Balaban J connectivity index is 1.68. The van der Waals surface area contributed by atoms with Crippen LogP contribution in [0.25, 0.3) is 0 Å². The summed E-state index contributed by atoms with van der Waals surface area (Å²) in [6, 6.07) is 8.42. The van der Waals surface area contributed by atoms with Crippen molar-refractivity contribution in [2.75, 3.05) is 19.6 Å². The van der Waals surface area contributed by atoms with E-state index in [4.69, 9.17) is 4.74 Å². The third-order valence-corrected chi connectivity index (χ3v) is 6.02. The van der Waals surface area contributed by atoms with Gasteiger partial charge in [-0.1, -0.05) is 29.8 Å². The maximum Gasteiger partial charge on any atom is 0.255 e. The summed E-state index contributed by atoms with van der Waals surface area (Å²) < 4.78 is 7.78. The van der Waals surface area contributed by atoms with Crippen molar-refractivity contribution in [2.45, 2.75) is 72.8 Å². The first kappa shape index (κ1) is 22.5. The van der Waals surface area contributed by atoms with Crippen molar-refractivity contribution in [3.8, 4) is 0 Å². The van der Waals surface area contributed by atoms with E-state index in [2.05, 4.69) is 74.2 Å². The van der Waals surface area contributed by atoms with Crippen molar-refractivity contribution in [1.29, 1.82) is 0 Å². The molecule has 0 bridgehead atoms. The maximum atomic E-state index is 13.0. The molecule has 164 valence electrons. The molecule has 1 N–H and O–H groups in total. The van der Waals surface area contributed by atoms with Gasteiger partial charge in [-0.25, -0.2) is 0 Å². The summed E-state index contributed by atoms with van der Waals surface area (Å²) >= 11 is 0. The van der Waals surface area contributed by atoms with Gasteiger partial charge in [0.15, 0.2) is 0 Å². The van der Waals surface area contributed by atoms with Crippen molar-refractivity contribution in [3.05, 3.63) is 52.3 Å². The number of rotatable bonds is 6. The molecule has 1 amide bonds. The second-order valence-electron chi connectivity index (χ2n) is 9.35. The smallest absolute Gasteiger partial charge is 0.255 e. The highest BCUT2D eigenvalue weighted by atomic mass is 16.5. The molecule has 1 saturated heterocycles. The van der Waals surface area contributed by atoms with Gasteiger partial charge in [-0.05, 0) is 54.0 Å². The Bertz CT molecular complexity index is 875. The molecule has 3 rings (SSSR count). The van der Waals surface area contributed by atoms with Gasteiger partial charge >= 0.3 is 0 Å². The molecule has 2 unspecified atom stereocenters. The second kappa shape index (κ2) is 8.90. The molecule has 30 heavy (non-hydrogen) atoms. The normalized spacial score (nSPS) is 20.4. The van der Waals surface area contributed by atoms with E-state index in [0.717, 1.165) is 24.5 Å². The lowest BCUT2D eigenvalue weighted by Gasteiger charge is -2.45. The molecule has 1 aliphatic heterocycles. The van der Waals surface area contributed by atoms with E-state index in [9.17, 15) is 4.79 Å². The number of aromatic nitrogens is 2. The molecule has 6 heteroatoms. The molecule has 0 radical (unpaired) electrons. The molecule has 0 aliphatic carbocycles. The van der Waals surface area contributed by atoms with E-state index in [1.807, 2.05) is 18.5 Å². The molecule has 0 spiro atoms. The van der Waals surface area contributed by atoms with Gasteiger partial charge in [-0.2, -0.15) is 5.10 Å². The Morgan fingerprint density at radius 1 is 1.13 bits per heavy atom. The topological polar surface area (TPSA) is 59.4 Å². The minimum absolute atomic E-state index is 0.0532. The van der Waals surface area contributed by atoms with E-state index >= 15 is 0 Å². The Hall–Kier alpha value is -2.18. The van der Waals surface area contributed by atoms with Crippen LogP contribution in [-0.2, 0) is 11.3 Å². The number of benzene rings is 1. The molecule has 1 aliphatic rings. The van der Waals surface area contributed by atoms with Crippen molar-refractivity contribution < 1.29 is 9.53 Å². The summed E-state index contributed by atoms with van der Waals surface area (Å²) in [5.41, 5.74) is 4.61. The average molecular weight is 413 g/mol. The van der Waals surface area contributed by atoms with Crippen molar-refractivity contribution in [1.82, 2.24) is 20.0 Å². The molecule has 1 aromatic heterocycles. The van der Waals surface area contributed by atoms with Crippen LogP contribution in [-0.4, -0.2) is 58.0 Å². The maximum absolute atomic E-state index is 13.0. The zero-order valence-corrected chi connectivity index (χ0v) is 19.5. The number of morpholine rings is 1. The lowest BCUT2D eigenvalue weighted by Crippen LogP contribution is -2.58. The Kier molecular flexibility index (Phi) is 6.68. The summed E-state index contributed by atoms with van der Waals surface area (Å²) in [6.07, 6.45) is 0.404. The van der Waals surface area contributed by atoms with Crippen LogP contribution in [0.1, 0.15) is 60.6 Å². The molecule has 0 saturated carbocycles. The average Bonchev–Trinajstić information content (AvgIpc) is 2.94. The predicted molar refractivity (Wildman–Crippen MR) is 120 cm³/mol. The van der Waals surface area contributed by atoms with E-state index in [1.165, 1.54) is 11.1 Å². The highest BCUT2D eigenvalue weighted by Gasteiger charge is 2.33. The van der Waals surface area contributed by atoms with Crippen LogP contribution in [0, 0.1) is 20.8 Å². The second-order valence-corrected chi connectivity index (χ2v) is 9.35. The highest BCUT2D eigenvalue weighted by molar-refractivity contribution is 5.96. The minimum Gasteiger partial charge on any atom is -0.373 e. The summed E-state index contributed by atoms with van der Waals surface area (Å²) in [5.74, 6) is -0.0532. The van der Waals surface area contributed by atoms with Crippen molar-refractivity contribution in [3.63, 3.8) is 0 Å². The molecule has 2 aromatic rings. The van der Waals surface area contributed by atoms with Gasteiger partial charge < -0.3 is 10.1 Å². The Morgan fingerprint density at radius 2 is 1.73 bits per heavy atom. The fraction of sp³-hybridized carbons (Fsp3) is 0.583. The molecular formula is C24H36N4O2. The van der Waals surface area contributed by atoms with E-state index < -0.39 is 0 Å². The van der Waals surface area contributed by atoms with Gasteiger partial charge in [0.25, 0.3) is 5.91 Å². The largest absolute Gasteiger partial charge is 0.373 e. The number of amides is 1. The van der Waals surface area contributed by atoms with Crippen LogP contribution >= 0.6 is 0 Å². The highest BCUT2D eigenvalue weighted by Crippen LogP contribution is 2.21. The monoisotopic (exact) mass is 412 g/mol. The molecule has 2 heterocycles. The molecule has 2 atom stereocenters. The number of hydrogen-bond donors (Lipinski definition) is 1. The molecular weight excluding hydrogens is 376 g/mol. The summed E-state index contributed by atoms with van der Waals surface area (Å²) in [5, 5.41) is 7.79. The molecule has 1 aromatic carbocycles. The number of carbonyl (C=O) groups excluding carboxylic acids is 1. The first-order chi connectivity index (χ1) is 14.1. The van der Waals surface area contributed by atoms with Gasteiger partial charge in [0.05, 0.1) is 30.0 Å². The molecule has 6 nitrogen and oxygen atoms in total. The standard InChI is InChI=1S/C24H36N4O2/c1-16-8-10-21(11-9-16)14-28-20(5)22(19(4)26-28)23(29)25-15-24(6,7)27-12-17(2)30-18(3)13-27/h8-11,17-18H,12-15H2,1-7H3,(H,25,29). The SMILES string of the molecule is Cc1ccc(Cn2nc(C)c(C(=O)NCC(C)(C)N3CC(C)OC(C)C3)c2C)cc1. The third-order valence-electron chi connectivity index (χ3n) is 6.02. The van der Waals surface area contributed by atoms with Crippen LogP contribution in [0.3, 0.4) is 0 Å². The first-order valence-electron chi connectivity index (χ1n) is 10.8. The lowest BCUT2D eigenvalue weighted by atomic mass is 9.99. The van der Waals surface area contributed by atoms with Crippen LogP contribution in [0.2, 0.25) is 0 Å². The summed E-state index contributed by atoms with van der Waals surface area (Å²) in [6.45, 7) is 17.5. The molecule has 1 fully saturated rings.